The highest BCUT2D eigenvalue weighted by Gasteiger charge is 2.10. The summed E-state index contributed by atoms with van der Waals surface area (Å²) in [6.45, 7) is 0. The maximum Gasteiger partial charge on any atom is 0.291 e. The zero-order valence-electron chi connectivity index (χ0n) is 13.6. The van der Waals surface area contributed by atoms with Crippen molar-refractivity contribution in [2.24, 2.45) is 0 Å². The Bertz CT molecular complexity index is 1010. The normalized spacial score (nSPS) is 11.4. The van der Waals surface area contributed by atoms with Gasteiger partial charge in [0, 0.05) is 5.69 Å². The molecule has 0 aliphatic carbocycles. The summed E-state index contributed by atoms with van der Waals surface area (Å²) in [5.74, 6) is -0.249. The molecule has 7 heteroatoms. The minimum atomic E-state index is -3.68. The molecule has 0 fully saturated rings. The Balaban J connectivity index is 1.70. The van der Waals surface area contributed by atoms with Crippen LogP contribution < -0.4 is 10.0 Å². The van der Waals surface area contributed by atoms with Crippen LogP contribution in [0.25, 0.3) is 6.08 Å². The van der Waals surface area contributed by atoms with E-state index in [2.05, 4.69) is 10.0 Å². The molecule has 0 radical (unpaired) electrons. The molecule has 0 atom stereocenters. The molecule has 0 aliphatic rings. The van der Waals surface area contributed by atoms with Gasteiger partial charge in [-0.3, -0.25) is 9.52 Å². The van der Waals surface area contributed by atoms with Crippen LogP contribution in [0.4, 0.5) is 11.4 Å². The number of hydrogen-bond donors (Lipinski definition) is 2. The Morgan fingerprint density at radius 2 is 1.69 bits per heavy atom. The predicted octanol–water partition coefficient (Wildman–Crippen LogP) is 3.94. The molecule has 26 heavy (non-hydrogen) atoms. The van der Waals surface area contributed by atoms with Gasteiger partial charge < -0.3 is 9.73 Å². The largest absolute Gasteiger partial charge is 0.459 e. The van der Waals surface area contributed by atoms with Crippen LogP contribution in [-0.2, 0) is 10.0 Å². The Morgan fingerprint density at radius 1 is 0.923 bits per heavy atom. The van der Waals surface area contributed by atoms with Crippen LogP contribution in [0.5, 0.6) is 0 Å². The van der Waals surface area contributed by atoms with Gasteiger partial charge in [-0.25, -0.2) is 8.42 Å². The van der Waals surface area contributed by atoms with Crippen LogP contribution in [0.1, 0.15) is 16.1 Å². The number of rotatable bonds is 6. The average Bonchev–Trinajstić information content (AvgIpc) is 3.16. The van der Waals surface area contributed by atoms with E-state index in [9.17, 15) is 13.2 Å². The van der Waals surface area contributed by atoms with Gasteiger partial charge >= 0.3 is 0 Å². The fraction of sp³-hybridized carbons (Fsp3) is 0. The van der Waals surface area contributed by atoms with Crippen molar-refractivity contribution in [1.82, 2.24) is 0 Å². The maximum absolute atomic E-state index is 12.2. The lowest BCUT2D eigenvalue weighted by Gasteiger charge is -2.08. The van der Waals surface area contributed by atoms with E-state index in [1.165, 1.54) is 24.5 Å². The van der Waals surface area contributed by atoms with Gasteiger partial charge in [-0.2, -0.15) is 0 Å². The summed E-state index contributed by atoms with van der Waals surface area (Å²) in [7, 11) is -3.68. The molecule has 1 heterocycles. The van der Waals surface area contributed by atoms with Gasteiger partial charge in [-0.1, -0.05) is 36.4 Å². The first-order valence-corrected chi connectivity index (χ1v) is 9.27. The third-order valence-corrected chi connectivity index (χ3v) is 4.38. The molecule has 3 aromatic rings. The van der Waals surface area contributed by atoms with Crippen molar-refractivity contribution in [1.29, 1.82) is 0 Å². The third-order valence-electron chi connectivity index (χ3n) is 3.36. The van der Waals surface area contributed by atoms with Crippen molar-refractivity contribution in [3.8, 4) is 0 Å². The molecule has 6 nitrogen and oxygen atoms in total. The monoisotopic (exact) mass is 368 g/mol. The minimum Gasteiger partial charge on any atom is -0.459 e. The first kappa shape index (κ1) is 17.5. The van der Waals surface area contributed by atoms with E-state index in [0.29, 0.717) is 11.4 Å². The summed E-state index contributed by atoms with van der Waals surface area (Å²) in [6, 6.07) is 18.7. The standard InChI is InChI=1S/C19H16N2O4S/c22-19(18-10-5-12-25-18)20-16-8-4-9-17(14-16)21-26(23,24)13-11-15-6-2-1-3-7-15/h1-14,21H,(H,20,22). The maximum atomic E-state index is 12.2. The van der Waals surface area contributed by atoms with Crippen molar-refractivity contribution in [2.75, 3.05) is 10.0 Å². The second-order valence-corrected chi connectivity index (χ2v) is 6.94. The molecule has 2 aromatic carbocycles. The van der Waals surface area contributed by atoms with Crippen molar-refractivity contribution in [3.63, 3.8) is 0 Å². The Hall–Kier alpha value is -3.32. The van der Waals surface area contributed by atoms with Crippen LogP contribution in [0.15, 0.2) is 82.8 Å². The highest BCUT2D eigenvalue weighted by Crippen LogP contribution is 2.18. The number of sulfonamides is 1. The van der Waals surface area contributed by atoms with E-state index in [0.717, 1.165) is 11.0 Å². The van der Waals surface area contributed by atoms with E-state index in [1.807, 2.05) is 18.2 Å². The number of furan rings is 1. The number of benzene rings is 2. The van der Waals surface area contributed by atoms with Crippen LogP contribution in [0.3, 0.4) is 0 Å². The lowest BCUT2D eigenvalue weighted by atomic mass is 10.2. The highest BCUT2D eigenvalue weighted by molar-refractivity contribution is 7.95. The van der Waals surface area contributed by atoms with Crippen LogP contribution in [0, 0.1) is 0 Å². The molecule has 0 saturated carbocycles. The molecule has 1 amide bonds. The molecule has 0 bridgehead atoms. The Kier molecular flexibility index (Phi) is 5.19. The number of anilines is 2. The number of amides is 1. The zero-order valence-corrected chi connectivity index (χ0v) is 14.4. The van der Waals surface area contributed by atoms with Crippen molar-refractivity contribution < 1.29 is 17.6 Å². The molecule has 0 saturated heterocycles. The quantitative estimate of drug-likeness (QED) is 0.690. The van der Waals surface area contributed by atoms with Gasteiger partial charge in [0.1, 0.15) is 0 Å². The molecular weight excluding hydrogens is 352 g/mol. The third kappa shape index (κ3) is 4.84. The van der Waals surface area contributed by atoms with Crippen LogP contribution >= 0.6 is 0 Å². The summed E-state index contributed by atoms with van der Waals surface area (Å²) in [5, 5.41) is 3.74. The molecule has 3 rings (SSSR count). The Morgan fingerprint density at radius 3 is 2.42 bits per heavy atom. The van der Waals surface area contributed by atoms with Gasteiger partial charge in [-0.15, -0.1) is 0 Å². The van der Waals surface area contributed by atoms with E-state index >= 15 is 0 Å². The number of carbonyl (C=O) groups excluding carboxylic acids is 1. The molecular formula is C19H16N2O4S. The van der Waals surface area contributed by atoms with Gasteiger partial charge in [0.05, 0.1) is 17.4 Å². The van der Waals surface area contributed by atoms with E-state index in [-0.39, 0.29) is 5.76 Å². The first-order chi connectivity index (χ1) is 12.5. The summed E-state index contributed by atoms with van der Waals surface area (Å²) < 4.78 is 31.9. The highest BCUT2D eigenvalue weighted by atomic mass is 32.2. The second kappa shape index (κ2) is 7.71. The molecule has 0 unspecified atom stereocenters. The molecule has 1 aromatic heterocycles. The summed E-state index contributed by atoms with van der Waals surface area (Å²) in [6.07, 6.45) is 2.91. The minimum absolute atomic E-state index is 0.168. The summed E-state index contributed by atoms with van der Waals surface area (Å²) >= 11 is 0. The number of carbonyl (C=O) groups is 1. The Labute approximate surface area is 151 Å². The van der Waals surface area contributed by atoms with Gasteiger partial charge in [0.25, 0.3) is 15.9 Å². The van der Waals surface area contributed by atoms with Crippen molar-refractivity contribution in [3.05, 3.63) is 89.7 Å². The summed E-state index contributed by atoms with van der Waals surface area (Å²) in [4.78, 5) is 12.0. The van der Waals surface area contributed by atoms with Gasteiger partial charge in [0.15, 0.2) is 5.76 Å². The first-order valence-electron chi connectivity index (χ1n) is 7.73. The van der Waals surface area contributed by atoms with Crippen LogP contribution in [-0.4, -0.2) is 14.3 Å². The predicted molar refractivity (Wildman–Crippen MR) is 101 cm³/mol. The SMILES string of the molecule is O=C(Nc1cccc(NS(=O)(=O)C=Cc2ccccc2)c1)c1ccco1. The van der Waals surface area contributed by atoms with E-state index < -0.39 is 15.9 Å². The van der Waals surface area contributed by atoms with Crippen molar-refractivity contribution in [2.45, 2.75) is 0 Å². The van der Waals surface area contributed by atoms with Gasteiger partial charge in [0.2, 0.25) is 0 Å². The topological polar surface area (TPSA) is 88.4 Å². The second-order valence-electron chi connectivity index (χ2n) is 5.37. The summed E-state index contributed by atoms with van der Waals surface area (Å²) in [5.41, 5.74) is 1.55. The van der Waals surface area contributed by atoms with Crippen molar-refractivity contribution >= 4 is 33.4 Å². The van der Waals surface area contributed by atoms with E-state index in [1.54, 1.807) is 36.4 Å². The fourth-order valence-electron chi connectivity index (χ4n) is 2.19. The van der Waals surface area contributed by atoms with E-state index in [4.69, 9.17) is 4.42 Å². The molecule has 0 aliphatic heterocycles. The fourth-order valence-corrected chi connectivity index (χ4v) is 3.05. The molecule has 2 N–H and O–H groups in total. The average molecular weight is 368 g/mol. The molecule has 132 valence electrons. The lowest BCUT2D eigenvalue weighted by Crippen LogP contribution is -2.12. The lowest BCUT2D eigenvalue weighted by molar-refractivity contribution is 0.0996. The van der Waals surface area contributed by atoms with Gasteiger partial charge in [-0.05, 0) is 42.0 Å². The number of nitrogens with one attached hydrogen (secondary N) is 2. The zero-order chi connectivity index (χ0) is 18.4. The van der Waals surface area contributed by atoms with Crippen LogP contribution in [0.2, 0.25) is 0 Å². The number of hydrogen-bond acceptors (Lipinski definition) is 4. The molecule has 0 spiro atoms. The smallest absolute Gasteiger partial charge is 0.291 e.